The fraction of sp³-hybridized carbons (Fsp3) is 0.909. The molecule has 0 aromatic heterocycles. The number of carbonyl (C=O) groups is 1. The summed E-state index contributed by atoms with van der Waals surface area (Å²) in [6, 6.07) is 0. The summed E-state index contributed by atoms with van der Waals surface area (Å²) in [6.45, 7) is 3.63. The molecule has 1 aliphatic heterocycles. The Morgan fingerprint density at radius 2 is 2.06 bits per heavy atom. The Kier molecular flexibility index (Phi) is 2.94. The molecule has 1 aliphatic carbocycles. The molecule has 1 saturated carbocycles. The standard InChI is InChI=1S/C11H18O5/c1-11(2)15-9-6(5-8(13)14-3)4-7(12)10(9)16-11/h6-7,9-10,12H,4-5H2,1-3H3/t6-,7+,9-,10+/m1/s1. The average molecular weight is 230 g/mol. The van der Waals surface area contributed by atoms with E-state index in [9.17, 15) is 9.90 Å². The van der Waals surface area contributed by atoms with Gasteiger partial charge in [-0.15, -0.1) is 0 Å². The van der Waals surface area contributed by atoms with Gasteiger partial charge in [0.05, 0.1) is 25.7 Å². The highest BCUT2D eigenvalue weighted by Gasteiger charge is 2.53. The van der Waals surface area contributed by atoms with Crippen LogP contribution < -0.4 is 0 Å². The molecule has 1 N–H and O–H groups in total. The van der Waals surface area contributed by atoms with E-state index in [1.165, 1.54) is 7.11 Å². The summed E-state index contributed by atoms with van der Waals surface area (Å²) in [6.07, 6.45) is -0.274. The van der Waals surface area contributed by atoms with Crippen LogP contribution >= 0.6 is 0 Å². The van der Waals surface area contributed by atoms with Crippen LogP contribution in [0.25, 0.3) is 0 Å². The third kappa shape index (κ3) is 2.07. The number of esters is 1. The predicted molar refractivity (Wildman–Crippen MR) is 54.6 cm³/mol. The summed E-state index contributed by atoms with van der Waals surface area (Å²) in [5, 5.41) is 9.83. The average Bonchev–Trinajstić information content (AvgIpc) is 2.64. The molecule has 5 heteroatoms. The maximum absolute atomic E-state index is 11.2. The van der Waals surface area contributed by atoms with E-state index < -0.39 is 11.9 Å². The van der Waals surface area contributed by atoms with E-state index in [4.69, 9.17) is 9.47 Å². The zero-order valence-corrected chi connectivity index (χ0v) is 9.80. The van der Waals surface area contributed by atoms with Gasteiger partial charge in [0.2, 0.25) is 0 Å². The van der Waals surface area contributed by atoms with Crippen LogP contribution in [0, 0.1) is 5.92 Å². The van der Waals surface area contributed by atoms with Crippen molar-refractivity contribution in [1.82, 2.24) is 0 Å². The minimum absolute atomic E-state index is 0.0192. The smallest absolute Gasteiger partial charge is 0.305 e. The lowest BCUT2D eigenvalue weighted by Gasteiger charge is -2.21. The molecule has 2 aliphatic rings. The minimum Gasteiger partial charge on any atom is -0.469 e. The van der Waals surface area contributed by atoms with Gasteiger partial charge in [-0.2, -0.15) is 0 Å². The molecule has 0 spiro atoms. The van der Waals surface area contributed by atoms with Gasteiger partial charge in [0, 0.05) is 5.92 Å². The third-order valence-electron chi connectivity index (χ3n) is 3.21. The van der Waals surface area contributed by atoms with E-state index in [2.05, 4.69) is 4.74 Å². The first-order valence-corrected chi connectivity index (χ1v) is 5.53. The van der Waals surface area contributed by atoms with Crippen molar-refractivity contribution in [2.24, 2.45) is 5.92 Å². The lowest BCUT2D eigenvalue weighted by atomic mass is 10.0. The van der Waals surface area contributed by atoms with Crippen molar-refractivity contribution in [2.75, 3.05) is 7.11 Å². The maximum Gasteiger partial charge on any atom is 0.305 e. The molecular weight excluding hydrogens is 212 g/mol. The molecule has 0 aromatic rings. The van der Waals surface area contributed by atoms with Gasteiger partial charge >= 0.3 is 5.97 Å². The zero-order chi connectivity index (χ0) is 11.9. The fourth-order valence-electron chi connectivity index (χ4n) is 2.55. The monoisotopic (exact) mass is 230 g/mol. The molecule has 0 unspecified atom stereocenters. The highest BCUT2D eigenvalue weighted by molar-refractivity contribution is 5.69. The normalized spacial score (nSPS) is 40.8. The number of aliphatic hydroxyl groups is 1. The Hall–Kier alpha value is -0.650. The van der Waals surface area contributed by atoms with Gasteiger partial charge in [-0.25, -0.2) is 0 Å². The van der Waals surface area contributed by atoms with Gasteiger partial charge in [0.1, 0.15) is 6.10 Å². The van der Waals surface area contributed by atoms with E-state index in [0.717, 1.165) is 0 Å². The van der Waals surface area contributed by atoms with E-state index >= 15 is 0 Å². The van der Waals surface area contributed by atoms with Crippen LogP contribution in [0.4, 0.5) is 0 Å². The summed E-state index contributed by atoms with van der Waals surface area (Å²) >= 11 is 0. The Bertz CT molecular complexity index is 288. The van der Waals surface area contributed by atoms with E-state index in [-0.39, 0.29) is 30.5 Å². The Balaban J connectivity index is 2.04. The topological polar surface area (TPSA) is 65.0 Å². The summed E-state index contributed by atoms with van der Waals surface area (Å²) in [5.74, 6) is -0.967. The number of methoxy groups -OCH3 is 1. The van der Waals surface area contributed by atoms with Crippen molar-refractivity contribution in [2.45, 2.75) is 50.8 Å². The third-order valence-corrected chi connectivity index (χ3v) is 3.21. The van der Waals surface area contributed by atoms with Crippen LogP contribution in [0.15, 0.2) is 0 Å². The predicted octanol–water partition coefficient (Wildman–Crippen LogP) is 0.450. The number of rotatable bonds is 2. The molecular formula is C11H18O5. The first kappa shape index (κ1) is 11.8. The molecule has 2 rings (SSSR count). The van der Waals surface area contributed by atoms with Crippen LogP contribution in [-0.4, -0.2) is 42.3 Å². The number of hydrogen-bond acceptors (Lipinski definition) is 5. The van der Waals surface area contributed by atoms with Crippen LogP contribution in [-0.2, 0) is 19.0 Å². The highest BCUT2D eigenvalue weighted by atomic mass is 16.8. The van der Waals surface area contributed by atoms with Crippen molar-refractivity contribution in [3.8, 4) is 0 Å². The second-order valence-electron chi connectivity index (χ2n) is 4.91. The summed E-state index contributed by atoms with van der Waals surface area (Å²) < 4.78 is 15.9. The van der Waals surface area contributed by atoms with Crippen molar-refractivity contribution >= 4 is 5.97 Å². The highest BCUT2D eigenvalue weighted by Crippen LogP contribution is 2.42. The van der Waals surface area contributed by atoms with Gasteiger partial charge in [-0.3, -0.25) is 4.79 Å². The molecule has 1 saturated heterocycles. The Labute approximate surface area is 94.7 Å². The number of carbonyl (C=O) groups excluding carboxylic acids is 1. The molecule has 2 fully saturated rings. The number of fused-ring (bicyclic) bond motifs is 1. The molecule has 1 heterocycles. The van der Waals surface area contributed by atoms with Crippen LogP contribution in [0.2, 0.25) is 0 Å². The first-order valence-electron chi connectivity index (χ1n) is 5.53. The summed E-state index contributed by atoms with van der Waals surface area (Å²) in [5.41, 5.74) is 0. The van der Waals surface area contributed by atoms with Crippen molar-refractivity contribution in [3.63, 3.8) is 0 Å². The van der Waals surface area contributed by atoms with Gasteiger partial charge in [0.25, 0.3) is 0 Å². The van der Waals surface area contributed by atoms with Crippen LogP contribution in [0.1, 0.15) is 26.7 Å². The Morgan fingerprint density at radius 1 is 1.44 bits per heavy atom. The van der Waals surface area contributed by atoms with Gasteiger partial charge in [-0.05, 0) is 20.3 Å². The molecule has 0 radical (unpaired) electrons. The van der Waals surface area contributed by atoms with E-state index in [0.29, 0.717) is 6.42 Å². The summed E-state index contributed by atoms with van der Waals surface area (Å²) in [4.78, 5) is 11.2. The minimum atomic E-state index is -0.675. The van der Waals surface area contributed by atoms with Crippen molar-refractivity contribution in [1.29, 1.82) is 0 Å². The van der Waals surface area contributed by atoms with Gasteiger partial charge < -0.3 is 19.3 Å². The lowest BCUT2D eigenvalue weighted by Crippen LogP contribution is -2.28. The second-order valence-corrected chi connectivity index (χ2v) is 4.91. The molecule has 0 amide bonds. The number of hydrogen-bond donors (Lipinski definition) is 1. The van der Waals surface area contributed by atoms with Crippen LogP contribution in [0.5, 0.6) is 0 Å². The zero-order valence-electron chi connectivity index (χ0n) is 9.80. The van der Waals surface area contributed by atoms with E-state index in [1.54, 1.807) is 0 Å². The largest absolute Gasteiger partial charge is 0.469 e. The second kappa shape index (κ2) is 3.98. The lowest BCUT2D eigenvalue weighted by molar-refractivity contribution is -0.168. The van der Waals surface area contributed by atoms with Gasteiger partial charge in [0.15, 0.2) is 5.79 Å². The van der Waals surface area contributed by atoms with Crippen molar-refractivity contribution in [3.05, 3.63) is 0 Å². The first-order chi connectivity index (χ1) is 7.43. The summed E-state index contributed by atoms with van der Waals surface area (Å²) in [7, 11) is 1.36. The van der Waals surface area contributed by atoms with Gasteiger partial charge in [-0.1, -0.05) is 0 Å². The number of ether oxygens (including phenoxy) is 3. The number of aliphatic hydroxyl groups excluding tert-OH is 1. The molecule has 16 heavy (non-hydrogen) atoms. The quantitative estimate of drug-likeness (QED) is 0.698. The fourth-order valence-corrected chi connectivity index (χ4v) is 2.55. The SMILES string of the molecule is COC(=O)C[C@H]1C[C@H](O)[C@@H]2OC(C)(C)O[C@H]12. The Morgan fingerprint density at radius 3 is 2.69 bits per heavy atom. The van der Waals surface area contributed by atoms with Crippen LogP contribution in [0.3, 0.4) is 0 Å². The molecule has 5 nitrogen and oxygen atoms in total. The molecule has 0 bridgehead atoms. The molecule has 0 aromatic carbocycles. The molecule has 92 valence electrons. The van der Waals surface area contributed by atoms with Crippen molar-refractivity contribution < 1.29 is 24.1 Å². The van der Waals surface area contributed by atoms with E-state index in [1.807, 2.05) is 13.8 Å². The molecule has 4 atom stereocenters. The maximum atomic E-state index is 11.2.